The minimum atomic E-state index is -0.461. The molecule has 0 aliphatic carbocycles. The number of carbonyl (C=O) groups is 1. The fourth-order valence-electron chi connectivity index (χ4n) is 3.18. The van der Waals surface area contributed by atoms with Crippen molar-refractivity contribution in [3.63, 3.8) is 0 Å². The lowest BCUT2D eigenvalue weighted by Gasteiger charge is -2.27. The Morgan fingerprint density at radius 2 is 1.93 bits per heavy atom. The van der Waals surface area contributed by atoms with Crippen molar-refractivity contribution < 1.29 is 9.18 Å². The summed E-state index contributed by atoms with van der Waals surface area (Å²) in [7, 11) is 0. The summed E-state index contributed by atoms with van der Waals surface area (Å²) in [4.78, 5) is 31.1. The van der Waals surface area contributed by atoms with Crippen molar-refractivity contribution in [3.05, 3.63) is 65.0 Å². The minimum Gasteiger partial charge on any atom is -0.369 e. The summed E-state index contributed by atoms with van der Waals surface area (Å²) in [6, 6.07) is 11.7. The number of benzene rings is 2. The zero-order chi connectivity index (χ0) is 20.3. The Hall–Kier alpha value is -3.22. The highest BCUT2D eigenvalue weighted by Gasteiger charge is 2.11. The Balaban J connectivity index is 1.72. The highest BCUT2D eigenvalue weighted by Crippen LogP contribution is 2.20. The minimum absolute atomic E-state index is 0.173. The van der Waals surface area contributed by atoms with Crippen LogP contribution in [0, 0.1) is 5.82 Å². The fraction of sp³-hybridized carbons (Fsp3) is 0.286. The first-order valence-corrected chi connectivity index (χ1v) is 9.20. The van der Waals surface area contributed by atoms with Gasteiger partial charge in [-0.15, -0.1) is 0 Å². The van der Waals surface area contributed by atoms with Gasteiger partial charge in [-0.2, -0.15) is 0 Å². The third-order valence-electron chi connectivity index (χ3n) is 4.55. The van der Waals surface area contributed by atoms with E-state index in [9.17, 15) is 14.0 Å². The molecule has 0 spiro atoms. The van der Waals surface area contributed by atoms with Crippen LogP contribution in [-0.4, -0.2) is 28.0 Å². The molecular formula is C21H23FN4O2. The molecule has 0 unspecified atom stereocenters. The van der Waals surface area contributed by atoms with Gasteiger partial charge in [-0.05, 0) is 57.2 Å². The Labute approximate surface area is 162 Å². The molecule has 3 aromatic rings. The molecule has 0 bridgehead atoms. The van der Waals surface area contributed by atoms with E-state index in [0.717, 1.165) is 12.2 Å². The standard InChI is InChI=1S/C21H23FN4O2/c1-4-26(14(2)3)17-8-6-16(7-9-17)24-20(27)12-25-13-23-19-11-15(22)5-10-18(19)21(25)28/h5-11,13-14H,4,12H2,1-3H3,(H,24,27). The number of aromatic nitrogens is 2. The summed E-state index contributed by atoms with van der Waals surface area (Å²) >= 11 is 0. The van der Waals surface area contributed by atoms with Crippen molar-refractivity contribution in [2.75, 3.05) is 16.8 Å². The molecule has 1 aromatic heterocycles. The van der Waals surface area contributed by atoms with Crippen LogP contribution in [0.15, 0.2) is 53.6 Å². The number of rotatable bonds is 6. The molecule has 1 N–H and O–H groups in total. The summed E-state index contributed by atoms with van der Waals surface area (Å²) in [6.07, 6.45) is 1.26. The second-order valence-corrected chi connectivity index (χ2v) is 6.81. The number of anilines is 2. The van der Waals surface area contributed by atoms with Gasteiger partial charge in [0.1, 0.15) is 12.4 Å². The zero-order valence-electron chi connectivity index (χ0n) is 16.1. The van der Waals surface area contributed by atoms with Crippen LogP contribution < -0.4 is 15.8 Å². The maximum absolute atomic E-state index is 13.3. The summed E-state index contributed by atoms with van der Waals surface area (Å²) in [5.41, 5.74) is 1.61. The van der Waals surface area contributed by atoms with Gasteiger partial charge in [0.15, 0.2) is 0 Å². The average molecular weight is 382 g/mol. The molecule has 1 amide bonds. The Kier molecular flexibility index (Phi) is 5.73. The number of halogens is 1. The molecule has 0 radical (unpaired) electrons. The predicted octanol–water partition coefficient (Wildman–Crippen LogP) is 3.41. The third kappa shape index (κ3) is 4.19. The van der Waals surface area contributed by atoms with E-state index in [0.29, 0.717) is 11.7 Å². The number of nitrogens with zero attached hydrogens (tertiary/aromatic N) is 3. The predicted molar refractivity (Wildman–Crippen MR) is 109 cm³/mol. The topological polar surface area (TPSA) is 67.2 Å². The number of hydrogen-bond acceptors (Lipinski definition) is 4. The third-order valence-corrected chi connectivity index (χ3v) is 4.55. The average Bonchev–Trinajstić information content (AvgIpc) is 2.65. The first-order valence-electron chi connectivity index (χ1n) is 9.20. The van der Waals surface area contributed by atoms with Crippen molar-refractivity contribution in [2.24, 2.45) is 0 Å². The van der Waals surface area contributed by atoms with Crippen LogP contribution in [0.1, 0.15) is 20.8 Å². The highest BCUT2D eigenvalue weighted by molar-refractivity contribution is 5.91. The lowest BCUT2D eigenvalue weighted by Crippen LogP contribution is -2.30. The first kappa shape index (κ1) is 19.5. The van der Waals surface area contributed by atoms with Crippen molar-refractivity contribution in [1.29, 1.82) is 0 Å². The molecular weight excluding hydrogens is 359 g/mol. The van der Waals surface area contributed by atoms with Crippen molar-refractivity contribution in [3.8, 4) is 0 Å². The molecule has 0 saturated heterocycles. The van der Waals surface area contributed by atoms with Crippen LogP contribution in [-0.2, 0) is 11.3 Å². The van der Waals surface area contributed by atoms with Crippen molar-refractivity contribution >= 4 is 28.2 Å². The summed E-state index contributed by atoms with van der Waals surface area (Å²) in [5, 5.41) is 3.06. The van der Waals surface area contributed by atoms with E-state index in [1.54, 1.807) is 0 Å². The van der Waals surface area contributed by atoms with Gasteiger partial charge in [-0.25, -0.2) is 9.37 Å². The van der Waals surface area contributed by atoms with Gasteiger partial charge in [0, 0.05) is 30.0 Å². The fourth-order valence-corrected chi connectivity index (χ4v) is 3.18. The molecule has 0 fully saturated rings. The quantitative estimate of drug-likeness (QED) is 0.709. The van der Waals surface area contributed by atoms with Crippen LogP contribution in [0.2, 0.25) is 0 Å². The van der Waals surface area contributed by atoms with Crippen molar-refractivity contribution in [2.45, 2.75) is 33.4 Å². The van der Waals surface area contributed by atoms with E-state index in [2.05, 4.69) is 36.0 Å². The number of hydrogen-bond donors (Lipinski definition) is 1. The molecule has 2 aromatic carbocycles. The SMILES string of the molecule is CCN(c1ccc(NC(=O)Cn2cnc3cc(F)ccc3c2=O)cc1)C(C)C. The van der Waals surface area contributed by atoms with E-state index in [1.165, 1.54) is 29.1 Å². The first-order chi connectivity index (χ1) is 13.4. The summed E-state index contributed by atoms with van der Waals surface area (Å²) < 4.78 is 14.5. The maximum Gasteiger partial charge on any atom is 0.261 e. The lowest BCUT2D eigenvalue weighted by atomic mass is 10.2. The molecule has 146 valence electrons. The van der Waals surface area contributed by atoms with Gasteiger partial charge < -0.3 is 10.2 Å². The van der Waals surface area contributed by atoms with Gasteiger partial charge in [0.05, 0.1) is 17.2 Å². The van der Waals surface area contributed by atoms with E-state index >= 15 is 0 Å². The molecule has 3 rings (SSSR count). The highest BCUT2D eigenvalue weighted by atomic mass is 19.1. The lowest BCUT2D eigenvalue weighted by molar-refractivity contribution is -0.116. The molecule has 7 heteroatoms. The van der Waals surface area contributed by atoms with Crippen molar-refractivity contribution in [1.82, 2.24) is 9.55 Å². The van der Waals surface area contributed by atoms with Gasteiger partial charge in [-0.3, -0.25) is 14.2 Å². The number of carbonyl (C=O) groups excluding carboxylic acids is 1. The number of fused-ring (bicyclic) bond motifs is 1. The van der Waals surface area contributed by atoms with Crippen LogP contribution in [0.4, 0.5) is 15.8 Å². The molecule has 0 atom stereocenters. The molecule has 1 heterocycles. The molecule has 6 nitrogen and oxygen atoms in total. The monoisotopic (exact) mass is 382 g/mol. The molecule has 0 aliphatic heterocycles. The van der Waals surface area contributed by atoms with Gasteiger partial charge >= 0.3 is 0 Å². The van der Waals surface area contributed by atoms with Gasteiger partial charge in [0.2, 0.25) is 5.91 Å². The van der Waals surface area contributed by atoms with Crippen LogP contribution in [0.3, 0.4) is 0 Å². The number of amides is 1. The van der Waals surface area contributed by atoms with Crippen LogP contribution in [0.5, 0.6) is 0 Å². The largest absolute Gasteiger partial charge is 0.369 e. The summed E-state index contributed by atoms with van der Waals surface area (Å²) in [6.45, 7) is 7.07. The van der Waals surface area contributed by atoms with Crippen LogP contribution >= 0.6 is 0 Å². The summed E-state index contributed by atoms with van der Waals surface area (Å²) in [5.74, 6) is -0.799. The smallest absolute Gasteiger partial charge is 0.261 e. The Morgan fingerprint density at radius 3 is 2.57 bits per heavy atom. The maximum atomic E-state index is 13.3. The van der Waals surface area contributed by atoms with E-state index in [1.807, 2.05) is 24.3 Å². The zero-order valence-corrected chi connectivity index (χ0v) is 16.1. The normalized spacial score (nSPS) is 11.0. The van der Waals surface area contributed by atoms with Crippen LogP contribution in [0.25, 0.3) is 10.9 Å². The Morgan fingerprint density at radius 1 is 1.21 bits per heavy atom. The van der Waals surface area contributed by atoms with E-state index in [4.69, 9.17) is 0 Å². The number of nitrogens with one attached hydrogen (secondary N) is 1. The molecule has 0 aliphatic rings. The molecule has 28 heavy (non-hydrogen) atoms. The van der Waals surface area contributed by atoms with E-state index in [-0.39, 0.29) is 28.9 Å². The second-order valence-electron chi connectivity index (χ2n) is 6.81. The van der Waals surface area contributed by atoms with Gasteiger partial charge in [-0.1, -0.05) is 0 Å². The molecule has 0 saturated carbocycles. The Bertz CT molecular complexity index is 1040. The van der Waals surface area contributed by atoms with E-state index < -0.39 is 5.82 Å². The second kappa shape index (κ2) is 8.21. The van der Waals surface area contributed by atoms with Gasteiger partial charge in [0.25, 0.3) is 5.56 Å².